The van der Waals surface area contributed by atoms with Crippen molar-refractivity contribution in [2.24, 2.45) is 0 Å². The maximum atomic E-state index is 13.3. The summed E-state index contributed by atoms with van der Waals surface area (Å²) in [5, 5.41) is 4.13. The number of rotatable bonds is 6. The molecule has 1 fully saturated rings. The van der Waals surface area contributed by atoms with Crippen LogP contribution in [0.5, 0.6) is 0 Å². The van der Waals surface area contributed by atoms with Gasteiger partial charge in [-0.05, 0) is 45.1 Å². The van der Waals surface area contributed by atoms with Gasteiger partial charge in [0, 0.05) is 38.8 Å². The maximum Gasteiger partial charge on any atom is 0.225 e. The third-order valence-electron chi connectivity index (χ3n) is 6.22. The van der Waals surface area contributed by atoms with Crippen molar-refractivity contribution in [3.8, 4) is 11.3 Å². The first-order valence-corrected chi connectivity index (χ1v) is 11.3. The molecule has 0 aliphatic carbocycles. The molecule has 1 atom stereocenters. The summed E-state index contributed by atoms with van der Waals surface area (Å²) >= 11 is 0. The Morgan fingerprint density at radius 1 is 1.19 bits per heavy atom. The number of aromatic nitrogens is 3. The summed E-state index contributed by atoms with van der Waals surface area (Å²) in [7, 11) is 3.85. The fraction of sp³-hybridized carbons (Fsp3) is 0.440. The predicted octanol–water partition coefficient (Wildman–Crippen LogP) is 4.50. The van der Waals surface area contributed by atoms with E-state index in [1.165, 1.54) is 5.56 Å². The molecule has 0 unspecified atom stereocenters. The molecular formula is C25H31N5O2. The van der Waals surface area contributed by atoms with E-state index in [1.54, 1.807) is 0 Å². The molecule has 1 amide bonds. The van der Waals surface area contributed by atoms with Crippen LogP contribution in [0.4, 0.5) is 5.95 Å². The third-order valence-corrected chi connectivity index (χ3v) is 6.22. The number of hydrogen-bond acceptors (Lipinski definition) is 6. The van der Waals surface area contributed by atoms with Crippen LogP contribution in [-0.4, -0.2) is 46.6 Å². The Morgan fingerprint density at radius 3 is 2.66 bits per heavy atom. The molecule has 4 rings (SSSR count). The Hall–Kier alpha value is -3.22. The highest BCUT2D eigenvalue weighted by atomic mass is 16.5. The lowest BCUT2D eigenvalue weighted by molar-refractivity contribution is -0.135. The number of anilines is 1. The molecule has 1 saturated heterocycles. The third kappa shape index (κ3) is 4.52. The van der Waals surface area contributed by atoms with E-state index in [9.17, 15) is 4.79 Å². The molecule has 0 N–H and O–H groups in total. The largest absolute Gasteiger partial charge is 0.356 e. The highest BCUT2D eigenvalue weighted by Crippen LogP contribution is 2.38. The summed E-state index contributed by atoms with van der Waals surface area (Å²) in [4.78, 5) is 26.7. The zero-order valence-electron chi connectivity index (χ0n) is 19.3. The van der Waals surface area contributed by atoms with Gasteiger partial charge in [-0.2, -0.15) is 0 Å². The number of nitrogens with zero attached hydrogens (tertiary/aromatic N) is 5. The van der Waals surface area contributed by atoms with Gasteiger partial charge in [0.15, 0.2) is 5.76 Å². The zero-order chi connectivity index (χ0) is 22.7. The van der Waals surface area contributed by atoms with Crippen molar-refractivity contribution >= 4 is 11.9 Å². The van der Waals surface area contributed by atoms with Gasteiger partial charge in [-0.3, -0.25) is 4.79 Å². The molecule has 3 aromatic rings. The average molecular weight is 434 g/mol. The monoisotopic (exact) mass is 433 g/mol. The van der Waals surface area contributed by atoms with Crippen LogP contribution in [0, 0.1) is 13.8 Å². The van der Waals surface area contributed by atoms with Gasteiger partial charge in [0.1, 0.15) is 0 Å². The van der Waals surface area contributed by atoms with Gasteiger partial charge in [-0.1, -0.05) is 35.5 Å². The van der Waals surface area contributed by atoms with Crippen LogP contribution < -0.4 is 4.90 Å². The Bertz CT molecular complexity index is 1080. The Labute approximate surface area is 189 Å². The van der Waals surface area contributed by atoms with Crippen LogP contribution in [0.3, 0.4) is 0 Å². The second-order valence-corrected chi connectivity index (χ2v) is 8.67. The number of aryl methyl sites for hydroxylation is 2. The van der Waals surface area contributed by atoms with Crippen molar-refractivity contribution in [1.29, 1.82) is 0 Å². The van der Waals surface area contributed by atoms with Crippen molar-refractivity contribution in [2.45, 2.75) is 52.0 Å². The highest BCUT2D eigenvalue weighted by molar-refractivity contribution is 5.78. The van der Waals surface area contributed by atoms with E-state index < -0.39 is 0 Å². The molecule has 7 nitrogen and oxygen atoms in total. The van der Waals surface area contributed by atoms with Crippen LogP contribution in [0.15, 0.2) is 41.1 Å². The van der Waals surface area contributed by atoms with E-state index in [2.05, 4.69) is 22.3 Å². The van der Waals surface area contributed by atoms with E-state index in [1.807, 2.05) is 62.1 Å². The Balaban J connectivity index is 1.68. The number of carbonyl (C=O) groups is 1. The number of hydrogen-bond donors (Lipinski definition) is 0. The Kier molecular flexibility index (Phi) is 6.53. The Morgan fingerprint density at radius 2 is 1.97 bits per heavy atom. The van der Waals surface area contributed by atoms with Gasteiger partial charge < -0.3 is 14.3 Å². The van der Waals surface area contributed by atoms with Crippen LogP contribution in [0.1, 0.15) is 54.2 Å². The zero-order valence-corrected chi connectivity index (χ0v) is 19.3. The molecule has 1 aromatic carbocycles. The van der Waals surface area contributed by atoms with Gasteiger partial charge >= 0.3 is 0 Å². The van der Waals surface area contributed by atoms with Crippen LogP contribution in [0.2, 0.25) is 0 Å². The van der Waals surface area contributed by atoms with Crippen molar-refractivity contribution in [2.75, 3.05) is 25.5 Å². The summed E-state index contributed by atoms with van der Waals surface area (Å²) < 4.78 is 5.67. The minimum absolute atomic E-state index is 0.103. The minimum atomic E-state index is -0.103. The fourth-order valence-corrected chi connectivity index (χ4v) is 4.25. The lowest BCUT2D eigenvalue weighted by atomic mass is 9.94. The maximum absolute atomic E-state index is 13.3. The summed E-state index contributed by atoms with van der Waals surface area (Å²) in [6.07, 6.45) is 5.98. The second kappa shape index (κ2) is 9.51. The molecule has 0 saturated carbocycles. The van der Waals surface area contributed by atoms with Crippen molar-refractivity contribution < 1.29 is 9.32 Å². The van der Waals surface area contributed by atoms with E-state index in [0.29, 0.717) is 18.1 Å². The van der Waals surface area contributed by atoms with Crippen LogP contribution in [-0.2, 0) is 11.2 Å². The predicted molar refractivity (Wildman–Crippen MR) is 124 cm³/mol. The molecule has 1 aliphatic rings. The molecule has 3 heterocycles. The van der Waals surface area contributed by atoms with Gasteiger partial charge in [0.05, 0.1) is 23.0 Å². The lowest BCUT2D eigenvalue weighted by Gasteiger charge is -2.36. The second-order valence-electron chi connectivity index (χ2n) is 8.67. The smallest absolute Gasteiger partial charge is 0.225 e. The first-order valence-electron chi connectivity index (χ1n) is 11.3. The molecule has 1 aliphatic heterocycles. The van der Waals surface area contributed by atoms with Crippen molar-refractivity contribution in [3.05, 3.63) is 59.0 Å². The summed E-state index contributed by atoms with van der Waals surface area (Å²) in [6, 6.07) is 10.1. The van der Waals surface area contributed by atoms with E-state index in [-0.39, 0.29) is 11.9 Å². The van der Waals surface area contributed by atoms with E-state index in [0.717, 1.165) is 54.7 Å². The number of carbonyl (C=O) groups excluding carboxylic acids is 1. The number of piperidine rings is 1. The molecule has 0 bridgehead atoms. The summed E-state index contributed by atoms with van der Waals surface area (Å²) in [5.41, 5.74) is 4.67. The molecule has 0 radical (unpaired) electrons. The molecule has 0 spiro atoms. The standard InChI is InChI=1S/C25H31N5O2/c1-17-18(2)28-32-24(17)20-16-26-25(29(3)4)27-23(20)21-12-8-9-15-30(21)22(31)14-13-19-10-6-5-7-11-19/h5-7,10-11,16,21H,8-9,12-15H2,1-4H3/t21-/m1/s1. The fourth-order valence-electron chi connectivity index (χ4n) is 4.25. The molecule has 168 valence electrons. The van der Waals surface area contributed by atoms with Gasteiger partial charge in [0.25, 0.3) is 0 Å². The van der Waals surface area contributed by atoms with E-state index in [4.69, 9.17) is 9.51 Å². The van der Waals surface area contributed by atoms with Crippen LogP contribution in [0.25, 0.3) is 11.3 Å². The minimum Gasteiger partial charge on any atom is -0.356 e. The van der Waals surface area contributed by atoms with E-state index >= 15 is 0 Å². The average Bonchev–Trinajstić information content (AvgIpc) is 3.15. The topological polar surface area (TPSA) is 75.4 Å². The quantitative estimate of drug-likeness (QED) is 0.570. The number of likely N-dealkylation sites (tertiary alicyclic amines) is 1. The number of benzene rings is 1. The molecule has 32 heavy (non-hydrogen) atoms. The molecule has 2 aromatic heterocycles. The first-order chi connectivity index (χ1) is 15.5. The van der Waals surface area contributed by atoms with Gasteiger partial charge in [-0.25, -0.2) is 9.97 Å². The molecule has 7 heteroatoms. The summed E-state index contributed by atoms with van der Waals surface area (Å²) in [5.74, 6) is 1.48. The van der Waals surface area contributed by atoms with Gasteiger partial charge in [-0.15, -0.1) is 0 Å². The summed E-state index contributed by atoms with van der Waals surface area (Å²) in [6.45, 7) is 4.67. The SMILES string of the molecule is Cc1noc(-c2cnc(N(C)C)nc2[C@H]2CCCCN2C(=O)CCc2ccccc2)c1C. The van der Waals surface area contributed by atoms with Crippen molar-refractivity contribution in [3.63, 3.8) is 0 Å². The lowest BCUT2D eigenvalue weighted by Crippen LogP contribution is -2.39. The van der Waals surface area contributed by atoms with Crippen molar-refractivity contribution in [1.82, 2.24) is 20.0 Å². The number of amides is 1. The normalized spacial score (nSPS) is 16.2. The first kappa shape index (κ1) is 22.0. The van der Waals surface area contributed by atoms with Gasteiger partial charge in [0.2, 0.25) is 11.9 Å². The van der Waals surface area contributed by atoms with Crippen LogP contribution >= 0.6 is 0 Å². The molecular weight excluding hydrogens is 402 g/mol. The highest BCUT2D eigenvalue weighted by Gasteiger charge is 2.32.